The molecular weight excluding hydrogens is 455 g/mol. The number of nitrogens with one attached hydrogen (secondary N) is 1. The summed E-state index contributed by atoms with van der Waals surface area (Å²) < 4.78 is 8.63. The van der Waals surface area contributed by atoms with Crippen molar-refractivity contribution in [3.8, 4) is 5.75 Å². The maximum Gasteiger partial charge on any atom is 0.330 e. The summed E-state index contributed by atoms with van der Waals surface area (Å²) in [4.78, 5) is 44.5. The molecule has 1 aromatic carbocycles. The van der Waals surface area contributed by atoms with Gasteiger partial charge in [0.1, 0.15) is 11.6 Å². The van der Waals surface area contributed by atoms with Crippen LogP contribution in [-0.4, -0.2) is 25.1 Å². The monoisotopic (exact) mass is 480 g/mol. The van der Waals surface area contributed by atoms with Crippen molar-refractivity contribution in [3.63, 3.8) is 0 Å². The molecule has 2 aromatic heterocycles. The van der Waals surface area contributed by atoms with E-state index in [1.54, 1.807) is 10.6 Å². The Morgan fingerprint density at radius 1 is 1.22 bits per heavy atom. The van der Waals surface area contributed by atoms with Crippen molar-refractivity contribution in [1.29, 1.82) is 0 Å². The fourth-order valence-electron chi connectivity index (χ4n) is 3.44. The zero-order valence-electron chi connectivity index (χ0n) is 18.3. The van der Waals surface area contributed by atoms with E-state index in [1.807, 2.05) is 20.8 Å². The molecule has 1 N–H and O–H groups in total. The molecular formula is C22H26Cl2N4O4. The van der Waals surface area contributed by atoms with Crippen LogP contribution in [0.25, 0.3) is 11.2 Å². The summed E-state index contributed by atoms with van der Waals surface area (Å²) in [6, 6.07) is 4.61. The van der Waals surface area contributed by atoms with Gasteiger partial charge in [0.2, 0.25) is 0 Å². The fourth-order valence-corrected chi connectivity index (χ4v) is 3.89. The fraction of sp³-hybridized carbons (Fsp3) is 0.455. The molecule has 0 atom stereocenters. The second kappa shape index (κ2) is 10.4. The molecule has 3 rings (SSSR count). The minimum atomic E-state index is -0.491. The number of carbonyl (C=O) groups is 1. The van der Waals surface area contributed by atoms with E-state index in [9.17, 15) is 14.4 Å². The highest BCUT2D eigenvalue weighted by molar-refractivity contribution is 6.35. The van der Waals surface area contributed by atoms with Gasteiger partial charge in [-0.15, -0.1) is 0 Å². The number of halogens is 2. The number of imidazole rings is 1. The van der Waals surface area contributed by atoms with Crippen LogP contribution in [0.15, 0.2) is 27.8 Å². The number of rotatable bonds is 9. The standard InChI is InChI=1S/C22H26Cl2N4O4/c1-4-5-10-27-20-19(21(30)26-22(27)31)28(12-13(2)3)17(25-20)8-9-18(29)32-16-7-6-14(23)11-15(16)24/h6-7,11,13H,4-5,8-10,12H2,1-3H3,(H,26,30,31). The predicted octanol–water partition coefficient (Wildman–Crippen LogP) is 4.19. The van der Waals surface area contributed by atoms with E-state index < -0.39 is 17.2 Å². The van der Waals surface area contributed by atoms with Gasteiger partial charge >= 0.3 is 11.7 Å². The van der Waals surface area contributed by atoms with Gasteiger partial charge in [0.15, 0.2) is 11.2 Å². The molecule has 10 heteroatoms. The Bertz CT molecular complexity index is 1240. The highest BCUT2D eigenvalue weighted by atomic mass is 35.5. The Hall–Kier alpha value is -2.58. The normalized spacial score (nSPS) is 11.4. The molecule has 0 saturated carbocycles. The molecule has 3 aromatic rings. The molecule has 0 spiro atoms. The van der Waals surface area contributed by atoms with Crippen molar-refractivity contribution in [2.75, 3.05) is 0 Å². The van der Waals surface area contributed by atoms with Crippen LogP contribution in [0.3, 0.4) is 0 Å². The zero-order chi connectivity index (χ0) is 23.4. The van der Waals surface area contributed by atoms with E-state index in [0.717, 1.165) is 12.8 Å². The number of fused-ring (bicyclic) bond motifs is 1. The van der Waals surface area contributed by atoms with Gasteiger partial charge < -0.3 is 9.30 Å². The lowest BCUT2D eigenvalue weighted by atomic mass is 10.2. The zero-order valence-corrected chi connectivity index (χ0v) is 19.8. The molecule has 0 aliphatic carbocycles. The number of H-pyrrole nitrogens is 1. The molecule has 0 radical (unpaired) electrons. The number of aryl methyl sites for hydroxylation is 2. The Morgan fingerprint density at radius 3 is 2.62 bits per heavy atom. The molecule has 8 nitrogen and oxygen atoms in total. The number of benzene rings is 1. The largest absolute Gasteiger partial charge is 0.425 e. The van der Waals surface area contributed by atoms with Crippen molar-refractivity contribution >= 4 is 40.3 Å². The summed E-state index contributed by atoms with van der Waals surface area (Å²) in [6.45, 7) is 7.05. The first kappa shape index (κ1) is 24.1. The van der Waals surface area contributed by atoms with E-state index >= 15 is 0 Å². The molecule has 0 bridgehead atoms. The van der Waals surface area contributed by atoms with E-state index in [-0.39, 0.29) is 29.5 Å². The van der Waals surface area contributed by atoms with Crippen LogP contribution in [0.5, 0.6) is 5.75 Å². The van der Waals surface area contributed by atoms with Gasteiger partial charge in [-0.3, -0.25) is 19.1 Å². The molecule has 0 amide bonds. The third kappa shape index (κ3) is 5.42. The third-order valence-corrected chi connectivity index (χ3v) is 5.45. The minimum Gasteiger partial charge on any atom is -0.425 e. The van der Waals surface area contributed by atoms with Gasteiger partial charge in [-0.2, -0.15) is 0 Å². The lowest BCUT2D eigenvalue weighted by Gasteiger charge is -2.11. The van der Waals surface area contributed by atoms with Gasteiger partial charge in [0.05, 0.1) is 11.4 Å². The molecule has 0 unspecified atom stereocenters. The summed E-state index contributed by atoms with van der Waals surface area (Å²) in [5.41, 5.74) is -0.267. The molecule has 0 fully saturated rings. The van der Waals surface area contributed by atoms with Crippen LogP contribution < -0.4 is 16.0 Å². The number of aromatic amines is 1. The first-order valence-electron chi connectivity index (χ1n) is 10.6. The van der Waals surface area contributed by atoms with E-state index in [1.165, 1.54) is 16.7 Å². The Labute approximate surface area is 195 Å². The molecule has 172 valence electrons. The molecule has 0 aliphatic rings. The lowest BCUT2D eigenvalue weighted by Crippen LogP contribution is -2.31. The molecule has 32 heavy (non-hydrogen) atoms. The van der Waals surface area contributed by atoms with Gasteiger partial charge in [0.25, 0.3) is 5.56 Å². The molecule has 2 heterocycles. The smallest absolute Gasteiger partial charge is 0.330 e. The number of aromatic nitrogens is 4. The van der Waals surface area contributed by atoms with Crippen molar-refractivity contribution in [1.82, 2.24) is 19.1 Å². The second-order valence-corrected chi connectivity index (χ2v) is 8.86. The number of ether oxygens (including phenoxy) is 1. The van der Waals surface area contributed by atoms with Crippen LogP contribution >= 0.6 is 23.2 Å². The number of hydrogen-bond acceptors (Lipinski definition) is 5. The van der Waals surface area contributed by atoms with Crippen LogP contribution in [0, 0.1) is 5.92 Å². The maximum atomic E-state index is 12.6. The van der Waals surface area contributed by atoms with Gasteiger partial charge in [-0.1, -0.05) is 50.4 Å². The number of hydrogen-bond donors (Lipinski definition) is 1. The maximum absolute atomic E-state index is 12.6. The van der Waals surface area contributed by atoms with Crippen LogP contribution in [0.2, 0.25) is 10.0 Å². The van der Waals surface area contributed by atoms with E-state index in [2.05, 4.69) is 9.97 Å². The van der Waals surface area contributed by atoms with Crippen molar-refractivity contribution in [3.05, 3.63) is 54.9 Å². The topological polar surface area (TPSA) is 99.0 Å². The summed E-state index contributed by atoms with van der Waals surface area (Å²) in [5.74, 6) is 0.506. The first-order chi connectivity index (χ1) is 15.2. The van der Waals surface area contributed by atoms with Crippen molar-refractivity contribution < 1.29 is 9.53 Å². The highest BCUT2D eigenvalue weighted by Gasteiger charge is 2.20. The van der Waals surface area contributed by atoms with Crippen LogP contribution in [0.1, 0.15) is 45.9 Å². The van der Waals surface area contributed by atoms with Gasteiger partial charge in [0, 0.05) is 24.5 Å². The summed E-state index contributed by atoms with van der Waals surface area (Å²) >= 11 is 11.9. The SMILES string of the molecule is CCCCn1c(=O)[nH]c(=O)c2c1nc(CCC(=O)Oc1ccc(Cl)cc1Cl)n2CC(C)C. The van der Waals surface area contributed by atoms with Crippen molar-refractivity contribution in [2.24, 2.45) is 5.92 Å². The van der Waals surface area contributed by atoms with E-state index in [0.29, 0.717) is 35.1 Å². The molecule has 0 aliphatic heterocycles. The Kier molecular flexibility index (Phi) is 7.79. The van der Waals surface area contributed by atoms with E-state index in [4.69, 9.17) is 27.9 Å². The quantitative estimate of drug-likeness (QED) is 0.365. The van der Waals surface area contributed by atoms with Gasteiger partial charge in [-0.25, -0.2) is 9.78 Å². The van der Waals surface area contributed by atoms with Gasteiger partial charge in [-0.05, 0) is 30.5 Å². The number of nitrogens with zero attached hydrogens (tertiary/aromatic N) is 3. The van der Waals surface area contributed by atoms with Crippen LogP contribution in [0.4, 0.5) is 0 Å². The number of unbranched alkanes of at least 4 members (excludes halogenated alkanes) is 1. The highest BCUT2D eigenvalue weighted by Crippen LogP contribution is 2.28. The minimum absolute atomic E-state index is 0.0253. The van der Waals surface area contributed by atoms with Crippen molar-refractivity contribution in [2.45, 2.75) is 59.5 Å². The lowest BCUT2D eigenvalue weighted by molar-refractivity contribution is -0.134. The number of esters is 1. The average molecular weight is 481 g/mol. The summed E-state index contributed by atoms with van der Waals surface area (Å²) in [6.07, 6.45) is 1.94. The predicted molar refractivity (Wildman–Crippen MR) is 125 cm³/mol. The number of carbonyl (C=O) groups excluding carboxylic acids is 1. The third-order valence-electron chi connectivity index (χ3n) is 4.92. The Morgan fingerprint density at radius 2 is 1.97 bits per heavy atom. The first-order valence-corrected chi connectivity index (χ1v) is 11.3. The average Bonchev–Trinajstić information content (AvgIpc) is 3.06. The van der Waals surface area contributed by atoms with Crippen LogP contribution in [-0.2, 0) is 24.3 Å². The molecule has 0 saturated heterocycles. The summed E-state index contributed by atoms with van der Waals surface area (Å²) in [7, 11) is 0. The Balaban J connectivity index is 1.92. The summed E-state index contributed by atoms with van der Waals surface area (Å²) in [5, 5.41) is 0.681. The second-order valence-electron chi connectivity index (χ2n) is 8.02.